The lowest BCUT2D eigenvalue weighted by Crippen LogP contribution is -2.43. The largest absolute Gasteiger partial charge is 0.481 e. The Morgan fingerprint density at radius 3 is 0.854 bits per heavy atom. The number of hydrogen-bond acceptors (Lipinski definition) is 21. The number of aliphatic hydroxyl groups is 2. The monoisotopic (exact) mass is 1180 g/mol. The maximum absolute atomic E-state index is 12.1. The third kappa shape index (κ3) is 38.3. The van der Waals surface area contributed by atoms with Crippen LogP contribution in [-0.2, 0) is 90.8 Å². The maximum atomic E-state index is 12.1. The predicted octanol–water partition coefficient (Wildman–Crippen LogP) is 2.89. The van der Waals surface area contributed by atoms with E-state index in [1.165, 1.54) is 0 Å². The first kappa shape index (κ1) is 84.0. The van der Waals surface area contributed by atoms with Crippen molar-refractivity contribution in [2.24, 2.45) is 22.2 Å². The van der Waals surface area contributed by atoms with Gasteiger partial charge in [-0.1, -0.05) is 0 Å². The van der Waals surface area contributed by atoms with Gasteiger partial charge in [0, 0.05) is 51.4 Å². The van der Waals surface area contributed by atoms with Crippen LogP contribution in [0.3, 0.4) is 0 Å². The second-order valence-electron chi connectivity index (χ2n) is 15.4. The second-order valence-corrected chi connectivity index (χ2v) is 15.4. The standard InChI is InChI=1S/C13H18N2O4.C11H14N2O6.C9H12O8.C8H12O6.C7H12O4.C2H4/c1-5-18-11(16)13(7-9-14-3,8-10-15-4)12(17)19-6-2;1-12-5-3-11(4-6-13-2,9(16)18-7-14)10(17)19-8-15;10-5(11)1-3-9(7(14)15,8(16)17)4-2-6(12)13;9-6(10)3-1-5(8(13)14)2-4-7(11)12;1-3-10-6(8)5-7(9)11-4-2;1-2/h5-10H2,1-2H3;14-15H,3-8H2;1-4H2,(H,10,11)(H,12,13)(H,14,15)(H,16,17);5H,1-4H2,(H,9,10)(H,11,12)(H,13,14);3-5H2,1-2H3;1-2H2. The van der Waals surface area contributed by atoms with Crippen LogP contribution in [0.5, 0.6) is 0 Å². The van der Waals surface area contributed by atoms with Crippen LogP contribution >= 0.6 is 0 Å². The van der Waals surface area contributed by atoms with Gasteiger partial charge in [-0.2, -0.15) is 0 Å². The van der Waals surface area contributed by atoms with E-state index in [2.05, 4.69) is 51.5 Å². The summed E-state index contributed by atoms with van der Waals surface area (Å²) in [7, 11) is 0. The van der Waals surface area contributed by atoms with Gasteiger partial charge in [0.25, 0.3) is 0 Å². The molecule has 0 amide bonds. The smallest absolute Gasteiger partial charge is 0.326 e. The van der Waals surface area contributed by atoms with Crippen molar-refractivity contribution >= 4 is 77.6 Å². The van der Waals surface area contributed by atoms with Crippen LogP contribution in [0.2, 0.25) is 0 Å². The molecule has 0 fully saturated rings. The molecule has 0 atom stereocenters. The van der Waals surface area contributed by atoms with Crippen molar-refractivity contribution in [2.75, 3.05) is 66.2 Å². The molecule has 0 aromatic heterocycles. The Balaban J connectivity index is -0.000000221. The number of rotatable bonds is 35. The summed E-state index contributed by atoms with van der Waals surface area (Å²) in [5.74, 6) is -15.0. The van der Waals surface area contributed by atoms with Crippen LogP contribution in [-0.4, -0.2) is 190 Å². The summed E-state index contributed by atoms with van der Waals surface area (Å²) in [4.78, 5) is 155. The molecular weight excluding hydrogens is 1100 g/mol. The Morgan fingerprint density at radius 2 is 0.659 bits per heavy atom. The van der Waals surface area contributed by atoms with E-state index in [1.54, 1.807) is 27.7 Å². The van der Waals surface area contributed by atoms with E-state index in [4.69, 9.17) is 81.7 Å². The summed E-state index contributed by atoms with van der Waals surface area (Å²) >= 11 is 0. The van der Waals surface area contributed by atoms with Crippen LogP contribution in [0.15, 0.2) is 13.2 Å². The number of carboxylic acids is 7. The molecule has 0 saturated heterocycles. The number of aliphatic hydroxyl groups excluding tert-OH is 2. The molecule has 460 valence electrons. The number of nitrogens with zero attached hydrogens (tertiary/aromatic N) is 4. The highest BCUT2D eigenvalue weighted by Crippen LogP contribution is 2.33. The molecule has 0 heterocycles. The zero-order valence-electron chi connectivity index (χ0n) is 45.8. The van der Waals surface area contributed by atoms with Crippen molar-refractivity contribution in [2.45, 2.75) is 111 Å². The summed E-state index contributed by atoms with van der Waals surface area (Å²) < 4.78 is 27.7. The molecule has 0 aliphatic heterocycles. The van der Waals surface area contributed by atoms with E-state index in [-0.39, 0.29) is 110 Å². The minimum atomic E-state index is -2.36. The molecule has 0 saturated carbocycles. The van der Waals surface area contributed by atoms with Crippen molar-refractivity contribution in [1.29, 1.82) is 0 Å². The van der Waals surface area contributed by atoms with Crippen molar-refractivity contribution in [3.8, 4) is 0 Å². The number of hydrogen-bond donors (Lipinski definition) is 9. The second kappa shape index (κ2) is 51.2. The summed E-state index contributed by atoms with van der Waals surface area (Å²) in [5, 5.41) is 77.0. The summed E-state index contributed by atoms with van der Waals surface area (Å²) in [5.41, 5.74) is -5.74. The number of carboxylic acid groups (broad SMARTS) is 7. The fourth-order valence-electron chi connectivity index (χ4n) is 5.97. The molecule has 32 nitrogen and oxygen atoms in total. The van der Waals surface area contributed by atoms with E-state index in [0.29, 0.717) is 0 Å². The normalized spacial score (nSPS) is 9.89. The van der Waals surface area contributed by atoms with Crippen LogP contribution in [0.4, 0.5) is 0 Å². The molecule has 0 aliphatic rings. The summed E-state index contributed by atoms with van der Waals surface area (Å²) in [6.07, 6.45) is -3.84. The molecule has 0 aromatic rings. The third-order valence-electron chi connectivity index (χ3n) is 10.1. The number of ether oxygens (including phenoxy) is 6. The highest BCUT2D eigenvalue weighted by molar-refractivity contribution is 6.01. The lowest BCUT2D eigenvalue weighted by molar-refractivity contribution is -0.183. The lowest BCUT2D eigenvalue weighted by Gasteiger charge is -2.25. The molecule has 0 aromatic carbocycles. The third-order valence-corrected chi connectivity index (χ3v) is 10.1. The zero-order valence-corrected chi connectivity index (χ0v) is 45.8. The maximum Gasteiger partial charge on any atom is 0.326 e. The molecule has 0 unspecified atom stereocenters. The molecule has 0 bridgehead atoms. The number of aliphatic carboxylic acids is 7. The first-order valence-corrected chi connectivity index (χ1v) is 24.1. The Morgan fingerprint density at radius 1 is 0.402 bits per heavy atom. The Kier molecular flexibility index (Phi) is 52.5. The first-order chi connectivity index (χ1) is 38.5. The highest BCUT2D eigenvalue weighted by atomic mass is 16.6. The van der Waals surface area contributed by atoms with E-state index in [1.807, 2.05) is 0 Å². The number of esters is 6. The fourth-order valence-corrected chi connectivity index (χ4v) is 5.97. The van der Waals surface area contributed by atoms with Gasteiger partial charge in [0.05, 0.1) is 32.3 Å². The molecule has 0 radical (unpaired) electrons. The van der Waals surface area contributed by atoms with Crippen molar-refractivity contribution in [3.63, 3.8) is 0 Å². The first-order valence-electron chi connectivity index (χ1n) is 24.1. The van der Waals surface area contributed by atoms with Gasteiger partial charge in [-0.25, -0.2) is 26.3 Å². The molecule has 32 heteroatoms. The van der Waals surface area contributed by atoms with Gasteiger partial charge in [0.1, 0.15) is 6.42 Å². The van der Waals surface area contributed by atoms with Gasteiger partial charge >= 0.3 is 77.6 Å². The van der Waals surface area contributed by atoms with E-state index >= 15 is 0 Å². The lowest BCUT2D eigenvalue weighted by atomic mass is 9.79. The summed E-state index contributed by atoms with van der Waals surface area (Å²) in [6, 6.07) is 0. The highest BCUT2D eigenvalue weighted by Gasteiger charge is 2.51. The van der Waals surface area contributed by atoms with Crippen LogP contribution in [0.1, 0.15) is 111 Å². The van der Waals surface area contributed by atoms with E-state index in [0.717, 1.165) is 0 Å². The molecule has 0 rings (SSSR count). The van der Waals surface area contributed by atoms with Gasteiger partial charge in [-0.15, -0.1) is 13.2 Å². The molecule has 0 spiro atoms. The van der Waals surface area contributed by atoms with Crippen molar-refractivity contribution in [3.05, 3.63) is 58.8 Å². The number of carbonyl (C=O) groups excluding carboxylic acids is 6. The average molecular weight is 1180 g/mol. The van der Waals surface area contributed by atoms with Crippen LogP contribution < -0.4 is 0 Å². The van der Waals surface area contributed by atoms with Crippen LogP contribution in [0, 0.1) is 48.5 Å². The molecule has 82 heavy (non-hydrogen) atoms. The Labute approximate surface area is 471 Å². The van der Waals surface area contributed by atoms with Gasteiger partial charge in [0.2, 0.25) is 26.2 Å². The quantitative estimate of drug-likeness (QED) is 0.0110. The topological polar surface area (TPSA) is 477 Å². The molecule has 9 N–H and O–H groups in total. The van der Waals surface area contributed by atoms with E-state index < -0.39 is 139 Å². The van der Waals surface area contributed by atoms with E-state index in [9.17, 15) is 62.3 Å². The SMILES string of the molecule is C=C.CCOC(=O)CC(=O)OCC.O=C(O)CCC(CCC(=O)O)(C(=O)O)C(=O)O.O=C(O)CCC(CCC(=O)O)C(=O)O.[C-]#[N+]CCC(CC[N+]#[C-])(C(=O)OCC)C(=O)OCC.[C-]#[N+]CCC(CC[N+]#[C-])(C(=O)OCO)C(=O)OCO. The van der Waals surface area contributed by atoms with Crippen LogP contribution in [0.25, 0.3) is 19.4 Å². The Hall–Kier alpha value is -9.27. The Bertz CT molecular complexity index is 2000. The van der Waals surface area contributed by atoms with Crippen molar-refractivity contribution < 1.29 is 137 Å². The van der Waals surface area contributed by atoms with Gasteiger partial charge < -0.3 is 93.8 Å². The van der Waals surface area contributed by atoms with Gasteiger partial charge in [0.15, 0.2) is 29.8 Å². The molecule has 0 aliphatic carbocycles. The molecular formula is C50H72N4O28. The zero-order chi connectivity index (χ0) is 64.9. The average Bonchev–Trinajstić information content (AvgIpc) is 3.40. The summed E-state index contributed by atoms with van der Waals surface area (Å²) in [6.45, 7) is 38.4. The fraction of sp³-hybridized carbons (Fsp3) is 0.620. The minimum Gasteiger partial charge on any atom is -0.481 e. The van der Waals surface area contributed by atoms with Crippen molar-refractivity contribution in [1.82, 2.24) is 0 Å². The minimum absolute atomic E-state index is 0.00955. The predicted molar refractivity (Wildman–Crippen MR) is 274 cm³/mol. The van der Waals surface area contributed by atoms with Gasteiger partial charge in [-0.05, 0) is 53.4 Å². The number of carbonyl (C=O) groups is 13. The van der Waals surface area contributed by atoms with Gasteiger partial charge in [-0.3, -0.25) is 62.3 Å².